The lowest BCUT2D eigenvalue weighted by Gasteiger charge is -2.35. The van der Waals surface area contributed by atoms with Gasteiger partial charge in [0.05, 0.1) is 7.11 Å². The first-order valence-corrected chi connectivity index (χ1v) is 10.3. The first-order valence-electron chi connectivity index (χ1n) is 10.3. The van der Waals surface area contributed by atoms with Crippen LogP contribution in [0.3, 0.4) is 0 Å². The monoisotopic (exact) mass is 394 g/mol. The molecule has 2 aromatic rings. The molecule has 1 aliphatic rings. The fourth-order valence-electron chi connectivity index (χ4n) is 3.59. The molecule has 0 bridgehead atoms. The molecule has 2 aromatic carbocycles. The zero-order chi connectivity index (χ0) is 20.6. The molecule has 1 saturated heterocycles. The minimum absolute atomic E-state index is 0.0119. The third-order valence-electron chi connectivity index (χ3n) is 5.48. The lowest BCUT2D eigenvalue weighted by molar-refractivity contribution is -0.132. The van der Waals surface area contributed by atoms with Crippen molar-refractivity contribution in [1.82, 2.24) is 9.80 Å². The van der Waals surface area contributed by atoms with Gasteiger partial charge in [-0.05, 0) is 56.0 Å². The Morgan fingerprint density at radius 3 is 2.10 bits per heavy atom. The van der Waals surface area contributed by atoms with Gasteiger partial charge in [-0.2, -0.15) is 0 Å². The second-order valence-electron chi connectivity index (χ2n) is 7.59. The topological polar surface area (TPSA) is 49.9 Å². The van der Waals surface area contributed by atoms with E-state index in [0.29, 0.717) is 38.2 Å². The molecule has 1 heterocycles. The normalized spacial score (nSPS) is 14.0. The first kappa shape index (κ1) is 20.9. The number of hydrogen-bond donors (Lipinski definition) is 0. The van der Waals surface area contributed by atoms with E-state index < -0.39 is 0 Å². The highest BCUT2D eigenvalue weighted by Crippen LogP contribution is 2.15. The van der Waals surface area contributed by atoms with Gasteiger partial charge in [-0.15, -0.1) is 0 Å². The van der Waals surface area contributed by atoms with Crippen molar-refractivity contribution < 1.29 is 14.3 Å². The highest BCUT2D eigenvalue weighted by molar-refractivity contribution is 5.94. The number of amides is 2. The Labute approximate surface area is 173 Å². The van der Waals surface area contributed by atoms with Gasteiger partial charge in [0.25, 0.3) is 5.91 Å². The van der Waals surface area contributed by atoms with Gasteiger partial charge in [-0.1, -0.05) is 29.8 Å². The summed E-state index contributed by atoms with van der Waals surface area (Å²) < 4.78 is 5.14. The molecule has 0 spiro atoms. The van der Waals surface area contributed by atoms with Crippen LogP contribution < -0.4 is 4.74 Å². The molecule has 0 N–H and O–H groups in total. The maximum absolute atomic E-state index is 12.6. The average Bonchev–Trinajstić information content (AvgIpc) is 2.77. The minimum Gasteiger partial charge on any atom is -0.497 e. The second kappa shape index (κ2) is 10.1. The summed E-state index contributed by atoms with van der Waals surface area (Å²) in [6.07, 6.45) is 3.51. The Hall–Kier alpha value is -2.82. The van der Waals surface area contributed by atoms with Crippen LogP contribution in [0.5, 0.6) is 5.75 Å². The van der Waals surface area contributed by atoms with E-state index >= 15 is 0 Å². The van der Waals surface area contributed by atoms with Gasteiger partial charge in [0.15, 0.2) is 0 Å². The Balaban J connectivity index is 1.38. The summed E-state index contributed by atoms with van der Waals surface area (Å²) in [5.41, 5.74) is 3.25. The molecule has 0 unspecified atom stereocenters. The van der Waals surface area contributed by atoms with Crippen molar-refractivity contribution in [3.63, 3.8) is 0 Å². The van der Waals surface area contributed by atoms with Crippen molar-refractivity contribution in [3.8, 4) is 5.75 Å². The van der Waals surface area contributed by atoms with Gasteiger partial charge in [0, 0.05) is 38.2 Å². The van der Waals surface area contributed by atoms with Gasteiger partial charge < -0.3 is 14.5 Å². The maximum atomic E-state index is 12.6. The summed E-state index contributed by atoms with van der Waals surface area (Å²) in [6, 6.07) is 15.7. The van der Waals surface area contributed by atoms with Crippen molar-refractivity contribution in [2.75, 3.05) is 33.3 Å². The molecular formula is C24H30N2O3. The molecule has 1 fully saturated rings. The molecular weight excluding hydrogens is 364 g/mol. The second-order valence-corrected chi connectivity index (χ2v) is 7.59. The smallest absolute Gasteiger partial charge is 0.253 e. The Morgan fingerprint density at radius 1 is 0.862 bits per heavy atom. The Morgan fingerprint density at radius 2 is 1.48 bits per heavy atom. The fourth-order valence-corrected chi connectivity index (χ4v) is 3.59. The number of carbonyl (C=O) groups is 2. The number of piperazine rings is 1. The van der Waals surface area contributed by atoms with E-state index in [0.717, 1.165) is 25.0 Å². The van der Waals surface area contributed by atoms with Crippen LogP contribution in [0, 0.1) is 6.92 Å². The van der Waals surface area contributed by atoms with Crippen molar-refractivity contribution in [2.24, 2.45) is 0 Å². The summed E-state index contributed by atoms with van der Waals surface area (Å²) in [5.74, 6) is 0.947. The number of benzene rings is 2. The lowest BCUT2D eigenvalue weighted by atomic mass is 10.1. The van der Waals surface area contributed by atoms with E-state index in [4.69, 9.17) is 4.74 Å². The van der Waals surface area contributed by atoms with E-state index in [2.05, 4.69) is 31.2 Å². The Bertz CT molecular complexity index is 807. The van der Waals surface area contributed by atoms with Crippen LogP contribution >= 0.6 is 0 Å². The van der Waals surface area contributed by atoms with Gasteiger partial charge >= 0.3 is 0 Å². The van der Waals surface area contributed by atoms with E-state index in [1.54, 1.807) is 31.4 Å². The summed E-state index contributed by atoms with van der Waals surface area (Å²) in [5, 5.41) is 0. The van der Waals surface area contributed by atoms with E-state index in [-0.39, 0.29) is 11.8 Å². The number of rotatable bonds is 7. The number of carbonyl (C=O) groups excluding carboxylic acids is 2. The highest BCUT2D eigenvalue weighted by atomic mass is 16.5. The molecule has 0 radical (unpaired) electrons. The average molecular weight is 395 g/mol. The van der Waals surface area contributed by atoms with Crippen LogP contribution in [0.25, 0.3) is 0 Å². The van der Waals surface area contributed by atoms with Crippen LogP contribution in [0.15, 0.2) is 48.5 Å². The number of hydrogen-bond acceptors (Lipinski definition) is 3. The summed E-state index contributed by atoms with van der Waals surface area (Å²) in [6.45, 7) is 4.48. The molecule has 29 heavy (non-hydrogen) atoms. The molecule has 0 atom stereocenters. The summed E-state index contributed by atoms with van der Waals surface area (Å²) in [7, 11) is 1.61. The zero-order valence-corrected chi connectivity index (χ0v) is 17.4. The predicted octanol–water partition coefficient (Wildman–Crippen LogP) is 3.70. The first-order chi connectivity index (χ1) is 14.1. The quantitative estimate of drug-likeness (QED) is 0.673. The molecule has 0 saturated carbocycles. The molecule has 2 amide bonds. The van der Waals surface area contributed by atoms with Crippen molar-refractivity contribution in [3.05, 3.63) is 65.2 Å². The number of unbranched alkanes of at least 4 members (excludes halogenated alkanes) is 1. The number of aryl methyl sites for hydroxylation is 2. The number of ether oxygens (including phenoxy) is 1. The van der Waals surface area contributed by atoms with Gasteiger partial charge in [-0.3, -0.25) is 9.59 Å². The third-order valence-corrected chi connectivity index (χ3v) is 5.48. The predicted molar refractivity (Wildman–Crippen MR) is 114 cm³/mol. The van der Waals surface area contributed by atoms with Crippen molar-refractivity contribution >= 4 is 11.8 Å². The number of nitrogens with zero attached hydrogens (tertiary/aromatic N) is 2. The zero-order valence-electron chi connectivity index (χ0n) is 17.4. The van der Waals surface area contributed by atoms with Crippen LogP contribution in [0.4, 0.5) is 0 Å². The standard InChI is InChI=1S/C24H30N2O3/c1-19-7-9-20(10-8-19)5-3-4-6-23(27)25-15-17-26(18-16-25)24(28)21-11-13-22(29-2)14-12-21/h7-14H,3-6,15-18H2,1-2H3. The molecule has 0 aliphatic carbocycles. The molecule has 0 aromatic heterocycles. The Kier molecular flexibility index (Phi) is 7.28. The van der Waals surface area contributed by atoms with E-state index in [1.165, 1.54) is 11.1 Å². The van der Waals surface area contributed by atoms with Crippen LogP contribution in [-0.2, 0) is 11.2 Å². The van der Waals surface area contributed by atoms with Crippen LogP contribution in [-0.4, -0.2) is 54.9 Å². The van der Waals surface area contributed by atoms with Crippen molar-refractivity contribution in [2.45, 2.75) is 32.6 Å². The maximum Gasteiger partial charge on any atom is 0.253 e. The largest absolute Gasteiger partial charge is 0.497 e. The van der Waals surface area contributed by atoms with Crippen LogP contribution in [0.2, 0.25) is 0 Å². The molecule has 3 rings (SSSR count). The minimum atomic E-state index is 0.0119. The summed E-state index contributed by atoms with van der Waals surface area (Å²) in [4.78, 5) is 28.8. The summed E-state index contributed by atoms with van der Waals surface area (Å²) >= 11 is 0. The molecule has 1 aliphatic heterocycles. The van der Waals surface area contributed by atoms with Gasteiger partial charge in [-0.25, -0.2) is 0 Å². The van der Waals surface area contributed by atoms with E-state index in [9.17, 15) is 9.59 Å². The molecule has 154 valence electrons. The number of methoxy groups -OCH3 is 1. The van der Waals surface area contributed by atoms with Crippen LogP contribution in [0.1, 0.15) is 40.7 Å². The highest BCUT2D eigenvalue weighted by Gasteiger charge is 2.24. The third kappa shape index (κ3) is 5.83. The molecule has 5 nitrogen and oxygen atoms in total. The van der Waals surface area contributed by atoms with Crippen molar-refractivity contribution in [1.29, 1.82) is 0 Å². The van der Waals surface area contributed by atoms with Gasteiger partial charge in [0.2, 0.25) is 5.91 Å². The fraction of sp³-hybridized carbons (Fsp3) is 0.417. The lowest BCUT2D eigenvalue weighted by Crippen LogP contribution is -2.50. The molecule has 5 heteroatoms. The van der Waals surface area contributed by atoms with Gasteiger partial charge in [0.1, 0.15) is 5.75 Å². The SMILES string of the molecule is COc1ccc(C(=O)N2CCN(C(=O)CCCCc3ccc(C)cc3)CC2)cc1. The van der Waals surface area contributed by atoms with E-state index in [1.807, 2.05) is 9.80 Å².